The van der Waals surface area contributed by atoms with Crippen molar-refractivity contribution < 1.29 is 14.9 Å². The molecule has 0 unspecified atom stereocenters. The van der Waals surface area contributed by atoms with E-state index in [1.807, 2.05) is 6.08 Å². The third-order valence-corrected chi connectivity index (χ3v) is 7.02. The first-order chi connectivity index (χ1) is 8.91. The van der Waals surface area contributed by atoms with Gasteiger partial charge in [-0.25, -0.2) is 9.78 Å². The Bertz CT molecular complexity index is 383. The molecule has 1 N–H and O–H groups in total. The van der Waals surface area contributed by atoms with Crippen molar-refractivity contribution in [3.05, 3.63) is 12.2 Å². The molecule has 4 heteroatoms. The third-order valence-electron chi connectivity index (χ3n) is 5.32. The van der Waals surface area contributed by atoms with Crippen molar-refractivity contribution in [3.8, 4) is 0 Å². The second kappa shape index (κ2) is 4.55. The zero-order valence-corrected chi connectivity index (χ0v) is 13.3. The van der Waals surface area contributed by atoms with Gasteiger partial charge in [-0.05, 0) is 49.5 Å². The van der Waals surface area contributed by atoms with Gasteiger partial charge in [-0.1, -0.05) is 35.9 Å². The number of halogens is 1. The molecule has 2 aliphatic heterocycles. The highest BCUT2D eigenvalue weighted by Gasteiger charge is 2.53. The molecular weight excluding hydrogens is 308 g/mol. The third kappa shape index (κ3) is 2.21. The minimum Gasteiger partial charge on any atom is -0.393 e. The van der Waals surface area contributed by atoms with E-state index in [9.17, 15) is 5.11 Å². The Labute approximate surface area is 123 Å². The first kappa shape index (κ1) is 14.1. The molecule has 0 amide bonds. The molecule has 108 valence electrons. The molecule has 3 nitrogen and oxygen atoms in total. The first-order valence-electron chi connectivity index (χ1n) is 7.24. The van der Waals surface area contributed by atoms with Crippen LogP contribution in [0.5, 0.6) is 0 Å². The average molecular weight is 331 g/mol. The standard InChI is InChI=1S/C15H23BrO3/c1-13(2)9-11(3-4-12(13)16)15-7-5-14(10-17,6-8-15)18-19-15/h5,7,11-12,17H,3-4,6,8-10H2,1-2H3/t11-,12+,14-,15+/m1/s1. The van der Waals surface area contributed by atoms with E-state index in [1.54, 1.807) is 0 Å². The van der Waals surface area contributed by atoms with Crippen LogP contribution in [0.1, 0.15) is 46.0 Å². The molecular formula is C15H23BrO3. The van der Waals surface area contributed by atoms with Crippen molar-refractivity contribution in [2.75, 3.05) is 6.61 Å². The maximum Gasteiger partial charge on any atom is 0.145 e. The van der Waals surface area contributed by atoms with E-state index in [4.69, 9.17) is 9.78 Å². The van der Waals surface area contributed by atoms with Crippen LogP contribution in [0.2, 0.25) is 0 Å². The summed E-state index contributed by atoms with van der Waals surface area (Å²) in [6.45, 7) is 4.64. The second-order valence-electron chi connectivity index (χ2n) is 7.11. The fraction of sp³-hybridized carbons (Fsp3) is 0.867. The molecule has 1 saturated carbocycles. The summed E-state index contributed by atoms with van der Waals surface area (Å²) in [6, 6.07) is 0. The Hall–Kier alpha value is 0.100. The topological polar surface area (TPSA) is 38.7 Å². The Balaban J connectivity index is 1.81. The number of hydrogen-bond donors (Lipinski definition) is 1. The highest BCUT2D eigenvalue weighted by atomic mass is 79.9. The van der Waals surface area contributed by atoms with Crippen LogP contribution in [0, 0.1) is 11.3 Å². The SMILES string of the molecule is CC1(C)C[C@H]([C@]23C=C[C@](CO)(CC2)OO3)CC[C@@H]1Br. The summed E-state index contributed by atoms with van der Waals surface area (Å²) >= 11 is 3.81. The fourth-order valence-corrected chi connectivity index (χ4v) is 4.20. The van der Waals surface area contributed by atoms with Crippen LogP contribution in [0.3, 0.4) is 0 Å². The van der Waals surface area contributed by atoms with Gasteiger partial charge in [-0.2, -0.15) is 0 Å². The maximum atomic E-state index is 9.42. The Morgan fingerprint density at radius 1 is 1.21 bits per heavy atom. The van der Waals surface area contributed by atoms with Crippen LogP contribution in [-0.4, -0.2) is 27.7 Å². The first-order valence-corrected chi connectivity index (χ1v) is 8.15. The zero-order valence-electron chi connectivity index (χ0n) is 11.7. The Kier molecular flexibility index (Phi) is 3.37. The minimum absolute atomic E-state index is 0.000780. The molecule has 4 atom stereocenters. The largest absolute Gasteiger partial charge is 0.393 e. The van der Waals surface area contributed by atoms with Gasteiger partial charge in [0.2, 0.25) is 0 Å². The fourth-order valence-electron chi connectivity index (χ4n) is 3.75. The van der Waals surface area contributed by atoms with Gasteiger partial charge in [0, 0.05) is 4.83 Å². The maximum absolute atomic E-state index is 9.42. The Morgan fingerprint density at radius 3 is 2.47 bits per heavy atom. The van der Waals surface area contributed by atoms with Crippen molar-refractivity contribution in [2.45, 2.75) is 62.0 Å². The minimum atomic E-state index is -0.579. The van der Waals surface area contributed by atoms with E-state index in [0.29, 0.717) is 10.7 Å². The van der Waals surface area contributed by atoms with E-state index >= 15 is 0 Å². The van der Waals surface area contributed by atoms with Crippen molar-refractivity contribution in [2.24, 2.45) is 11.3 Å². The van der Waals surface area contributed by atoms with Crippen LogP contribution in [0.4, 0.5) is 0 Å². The molecule has 0 aromatic rings. The van der Waals surface area contributed by atoms with Crippen LogP contribution >= 0.6 is 15.9 Å². The number of aliphatic hydroxyl groups excluding tert-OH is 1. The molecule has 4 aliphatic rings. The summed E-state index contributed by atoms with van der Waals surface area (Å²) in [5.41, 5.74) is -0.553. The number of aliphatic hydroxyl groups is 1. The summed E-state index contributed by atoms with van der Waals surface area (Å²) in [5.74, 6) is 0.504. The lowest BCUT2D eigenvalue weighted by atomic mass is 9.63. The van der Waals surface area contributed by atoms with E-state index in [-0.39, 0.29) is 17.6 Å². The summed E-state index contributed by atoms with van der Waals surface area (Å²) in [7, 11) is 0. The monoisotopic (exact) mass is 330 g/mol. The van der Waals surface area contributed by atoms with Crippen LogP contribution in [-0.2, 0) is 9.78 Å². The van der Waals surface area contributed by atoms with Crippen LogP contribution in [0.15, 0.2) is 12.2 Å². The molecule has 2 fully saturated rings. The second-order valence-corrected chi connectivity index (χ2v) is 8.22. The highest BCUT2D eigenvalue weighted by molar-refractivity contribution is 9.09. The van der Waals surface area contributed by atoms with E-state index in [0.717, 1.165) is 19.3 Å². The lowest BCUT2D eigenvalue weighted by molar-refractivity contribution is -0.441. The lowest BCUT2D eigenvalue weighted by Crippen LogP contribution is -2.56. The van der Waals surface area contributed by atoms with Gasteiger partial charge in [-0.3, -0.25) is 0 Å². The molecule has 4 rings (SSSR count). The van der Waals surface area contributed by atoms with E-state index in [2.05, 4.69) is 35.9 Å². The normalized spacial score (nSPS) is 48.4. The zero-order chi connectivity index (χ0) is 13.7. The number of hydrogen-bond acceptors (Lipinski definition) is 3. The summed E-state index contributed by atoms with van der Waals surface area (Å²) in [6.07, 6.45) is 9.48. The van der Waals surface area contributed by atoms with Crippen molar-refractivity contribution in [3.63, 3.8) is 0 Å². The molecule has 2 aliphatic carbocycles. The van der Waals surface area contributed by atoms with Crippen molar-refractivity contribution in [1.29, 1.82) is 0 Å². The van der Waals surface area contributed by atoms with Crippen LogP contribution < -0.4 is 0 Å². The van der Waals surface area contributed by atoms with Gasteiger partial charge in [0.25, 0.3) is 0 Å². The van der Waals surface area contributed by atoms with Gasteiger partial charge in [-0.15, -0.1) is 0 Å². The van der Waals surface area contributed by atoms with Gasteiger partial charge in [0.05, 0.1) is 6.61 Å². The number of alkyl halides is 1. The number of fused-ring (bicyclic) bond motifs is 2. The van der Waals surface area contributed by atoms with Gasteiger partial charge < -0.3 is 5.11 Å². The van der Waals surface area contributed by atoms with Gasteiger partial charge in [0.15, 0.2) is 0 Å². The Morgan fingerprint density at radius 2 is 2.00 bits per heavy atom. The predicted octanol–water partition coefficient (Wildman–Crippen LogP) is 3.36. The molecule has 0 aromatic carbocycles. The van der Waals surface area contributed by atoms with Crippen molar-refractivity contribution >= 4 is 15.9 Å². The molecule has 0 spiro atoms. The quantitative estimate of drug-likeness (QED) is 0.479. The predicted molar refractivity (Wildman–Crippen MR) is 76.9 cm³/mol. The van der Waals surface area contributed by atoms with E-state index < -0.39 is 5.60 Å². The molecule has 2 heterocycles. The molecule has 0 radical (unpaired) electrons. The molecule has 1 saturated heterocycles. The molecule has 19 heavy (non-hydrogen) atoms. The van der Waals surface area contributed by atoms with Crippen molar-refractivity contribution in [1.82, 2.24) is 0 Å². The van der Waals surface area contributed by atoms with Gasteiger partial charge >= 0.3 is 0 Å². The summed E-state index contributed by atoms with van der Waals surface area (Å²) < 4.78 is 0. The average Bonchev–Trinajstić information content (AvgIpc) is 2.44. The smallest absolute Gasteiger partial charge is 0.145 e. The van der Waals surface area contributed by atoms with Gasteiger partial charge in [0.1, 0.15) is 11.2 Å². The molecule has 0 aromatic heterocycles. The lowest BCUT2D eigenvalue weighted by Gasteiger charge is -2.53. The van der Waals surface area contributed by atoms with E-state index in [1.165, 1.54) is 12.8 Å². The number of rotatable bonds is 2. The highest BCUT2D eigenvalue weighted by Crippen LogP contribution is 2.53. The van der Waals surface area contributed by atoms with Crippen LogP contribution in [0.25, 0.3) is 0 Å². The molecule has 2 bridgehead atoms. The summed E-state index contributed by atoms with van der Waals surface area (Å²) in [4.78, 5) is 11.9. The summed E-state index contributed by atoms with van der Waals surface area (Å²) in [5, 5.41) is 9.42.